The van der Waals surface area contributed by atoms with Gasteiger partial charge in [0.1, 0.15) is 11.6 Å². The van der Waals surface area contributed by atoms with Gasteiger partial charge in [0.15, 0.2) is 0 Å². The number of urea groups is 1. The normalized spacial score (nSPS) is 14.3. The molecule has 2 amide bonds. The molecule has 7 nitrogen and oxygen atoms in total. The number of methoxy groups -OCH3 is 1. The predicted molar refractivity (Wildman–Crippen MR) is 158 cm³/mol. The van der Waals surface area contributed by atoms with Gasteiger partial charge in [0, 0.05) is 17.4 Å². The standard InChI is InChI=1S/C33H33N5O2/c1-5-29-28-21-37(33(39)34-25-16-13-22(2)23(3)20-25)31(24-14-17-27(40-4)18-15-24)30-12-9-19-36(30)32(28)38(35-29)26-10-7-6-8-11-26/h6-20,31H,5,21H2,1-4H3,(H,34,39)/t31-/m1/s1. The molecule has 202 valence electrons. The lowest BCUT2D eigenvalue weighted by molar-refractivity contribution is 0.194. The number of aryl methyl sites for hydroxylation is 3. The molecule has 3 heterocycles. The monoisotopic (exact) mass is 531 g/mol. The number of nitrogens with zero attached hydrogens (tertiary/aromatic N) is 4. The molecule has 0 radical (unpaired) electrons. The average Bonchev–Trinajstić information content (AvgIpc) is 3.56. The zero-order valence-electron chi connectivity index (χ0n) is 23.3. The number of hydrogen-bond donors (Lipinski definition) is 1. The minimum atomic E-state index is -0.339. The Kier molecular flexibility index (Phi) is 6.64. The van der Waals surface area contributed by atoms with E-state index in [1.807, 2.05) is 76.3 Å². The van der Waals surface area contributed by atoms with Crippen molar-refractivity contribution in [3.8, 4) is 17.3 Å². The van der Waals surface area contributed by atoms with Crippen molar-refractivity contribution in [1.82, 2.24) is 19.2 Å². The Bertz CT molecular complexity index is 1670. The maximum absolute atomic E-state index is 14.2. The van der Waals surface area contributed by atoms with E-state index in [1.54, 1.807) is 7.11 Å². The Morgan fingerprint density at radius 2 is 1.75 bits per heavy atom. The lowest BCUT2D eigenvalue weighted by atomic mass is 10.0. The van der Waals surface area contributed by atoms with Crippen LogP contribution in [0.4, 0.5) is 10.5 Å². The quantitative estimate of drug-likeness (QED) is 0.266. The topological polar surface area (TPSA) is 64.3 Å². The average molecular weight is 532 g/mol. The molecular formula is C33H33N5O2. The maximum atomic E-state index is 14.2. The lowest BCUT2D eigenvalue weighted by Gasteiger charge is -2.31. The molecule has 0 fully saturated rings. The molecule has 5 aromatic rings. The van der Waals surface area contributed by atoms with Crippen LogP contribution in [-0.2, 0) is 13.0 Å². The van der Waals surface area contributed by atoms with Gasteiger partial charge in [0.25, 0.3) is 0 Å². The molecule has 0 bridgehead atoms. The van der Waals surface area contributed by atoms with Crippen molar-refractivity contribution in [2.24, 2.45) is 0 Å². The number of amides is 2. The summed E-state index contributed by atoms with van der Waals surface area (Å²) < 4.78 is 9.63. The van der Waals surface area contributed by atoms with Gasteiger partial charge < -0.3 is 19.5 Å². The molecule has 3 aromatic carbocycles. The molecule has 1 aliphatic heterocycles. The van der Waals surface area contributed by atoms with E-state index in [-0.39, 0.29) is 12.1 Å². The van der Waals surface area contributed by atoms with Crippen LogP contribution >= 0.6 is 0 Å². The van der Waals surface area contributed by atoms with Gasteiger partial charge in [0.05, 0.1) is 36.8 Å². The first-order chi connectivity index (χ1) is 19.5. The second-order valence-corrected chi connectivity index (χ2v) is 10.2. The number of para-hydroxylation sites is 1. The van der Waals surface area contributed by atoms with E-state index in [1.165, 1.54) is 5.56 Å². The van der Waals surface area contributed by atoms with Crippen molar-refractivity contribution >= 4 is 11.7 Å². The summed E-state index contributed by atoms with van der Waals surface area (Å²) in [4.78, 5) is 16.1. The van der Waals surface area contributed by atoms with Crippen LogP contribution in [0.3, 0.4) is 0 Å². The maximum Gasteiger partial charge on any atom is 0.322 e. The molecule has 6 rings (SSSR count). The van der Waals surface area contributed by atoms with E-state index in [2.05, 4.69) is 55.1 Å². The summed E-state index contributed by atoms with van der Waals surface area (Å²) in [5.74, 6) is 1.73. The largest absolute Gasteiger partial charge is 0.497 e. The van der Waals surface area contributed by atoms with E-state index >= 15 is 0 Å². The van der Waals surface area contributed by atoms with Crippen LogP contribution in [0.1, 0.15) is 46.6 Å². The van der Waals surface area contributed by atoms with Crippen molar-refractivity contribution in [3.63, 3.8) is 0 Å². The fourth-order valence-electron chi connectivity index (χ4n) is 5.50. The molecule has 0 saturated carbocycles. The van der Waals surface area contributed by atoms with Crippen LogP contribution in [-0.4, -0.2) is 32.4 Å². The summed E-state index contributed by atoms with van der Waals surface area (Å²) in [6.45, 7) is 6.64. The smallest absolute Gasteiger partial charge is 0.322 e. The van der Waals surface area contributed by atoms with Crippen molar-refractivity contribution in [1.29, 1.82) is 0 Å². The van der Waals surface area contributed by atoms with Crippen molar-refractivity contribution in [2.45, 2.75) is 39.8 Å². The van der Waals surface area contributed by atoms with E-state index in [0.29, 0.717) is 6.54 Å². The highest BCUT2D eigenvalue weighted by atomic mass is 16.5. The van der Waals surface area contributed by atoms with Gasteiger partial charge >= 0.3 is 6.03 Å². The number of fused-ring (bicyclic) bond motifs is 3. The van der Waals surface area contributed by atoms with E-state index < -0.39 is 0 Å². The Hall–Kier alpha value is -4.78. The van der Waals surface area contributed by atoms with Gasteiger partial charge in [0.2, 0.25) is 0 Å². The van der Waals surface area contributed by atoms with Crippen LogP contribution in [0.15, 0.2) is 91.1 Å². The van der Waals surface area contributed by atoms with Gasteiger partial charge in [-0.2, -0.15) is 5.10 Å². The molecule has 0 spiro atoms. The lowest BCUT2D eigenvalue weighted by Crippen LogP contribution is -2.38. The number of rotatable bonds is 5. The molecule has 0 unspecified atom stereocenters. The Morgan fingerprint density at radius 3 is 2.45 bits per heavy atom. The third kappa shape index (κ3) is 4.43. The second kappa shape index (κ2) is 10.4. The molecule has 1 N–H and O–H groups in total. The minimum absolute atomic E-state index is 0.167. The molecule has 0 aliphatic carbocycles. The molecule has 1 aliphatic rings. The van der Waals surface area contributed by atoms with Crippen molar-refractivity contribution in [3.05, 3.63) is 125 Å². The van der Waals surface area contributed by atoms with Gasteiger partial charge in [-0.1, -0.05) is 43.3 Å². The third-order valence-electron chi connectivity index (χ3n) is 7.75. The number of ether oxygens (including phenoxy) is 1. The van der Waals surface area contributed by atoms with Crippen LogP contribution in [0.5, 0.6) is 5.75 Å². The molecule has 7 heteroatoms. The van der Waals surface area contributed by atoms with Crippen LogP contribution in [0, 0.1) is 13.8 Å². The van der Waals surface area contributed by atoms with Crippen LogP contribution < -0.4 is 10.1 Å². The number of anilines is 1. The Balaban J connectivity index is 1.53. The van der Waals surface area contributed by atoms with Crippen molar-refractivity contribution < 1.29 is 9.53 Å². The summed E-state index contributed by atoms with van der Waals surface area (Å²) >= 11 is 0. The van der Waals surface area contributed by atoms with E-state index in [9.17, 15) is 4.79 Å². The Labute approximate surface area is 234 Å². The SMILES string of the molecule is CCc1nn(-c2ccccc2)c2c1CN(C(=O)Nc1ccc(C)c(C)c1)[C@H](c1ccc(OC)cc1)c1cccn1-2. The van der Waals surface area contributed by atoms with Gasteiger partial charge in [-0.3, -0.25) is 0 Å². The second-order valence-electron chi connectivity index (χ2n) is 10.2. The number of nitrogens with one attached hydrogen (secondary N) is 1. The minimum Gasteiger partial charge on any atom is -0.497 e. The zero-order valence-corrected chi connectivity index (χ0v) is 23.3. The number of aromatic nitrogens is 3. The Morgan fingerprint density at radius 1 is 0.975 bits per heavy atom. The molecular weight excluding hydrogens is 498 g/mol. The molecule has 2 aromatic heterocycles. The van der Waals surface area contributed by atoms with Gasteiger partial charge in [-0.15, -0.1) is 0 Å². The first kappa shape index (κ1) is 25.5. The van der Waals surface area contributed by atoms with Gasteiger partial charge in [-0.05, 0) is 85.5 Å². The molecule has 1 atom stereocenters. The van der Waals surface area contributed by atoms with E-state index in [4.69, 9.17) is 9.84 Å². The predicted octanol–water partition coefficient (Wildman–Crippen LogP) is 6.99. The van der Waals surface area contributed by atoms with E-state index in [0.717, 1.165) is 57.4 Å². The number of benzene rings is 3. The van der Waals surface area contributed by atoms with Crippen LogP contribution in [0.2, 0.25) is 0 Å². The number of hydrogen-bond acceptors (Lipinski definition) is 3. The van der Waals surface area contributed by atoms with Crippen molar-refractivity contribution in [2.75, 3.05) is 12.4 Å². The van der Waals surface area contributed by atoms with Crippen LogP contribution in [0.25, 0.3) is 11.5 Å². The number of carbonyl (C=O) groups excluding carboxylic acids is 1. The summed E-state index contributed by atoms with van der Waals surface area (Å²) in [7, 11) is 1.66. The fraction of sp³-hybridized carbons (Fsp3) is 0.212. The van der Waals surface area contributed by atoms with Gasteiger partial charge in [-0.25, -0.2) is 9.48 Å². The summed E-state index contributed by atoms with van der Waals surface area (Å²) in [5.41, 5.74) is 8.07. The summed E-state index contributed by atoms with van der Waals surface area (Å²) in [6, 6.07) is 27.8. The number of carbonyl (C=O) groups is 1. The highest BCUT2D eigenvalue weighted by Crippen LogP contribution is 2.39. The first-order valence-corrected chi connectivity index (χ1v) is 13.6. The summed E-state index contributed by atoms with van der Waals surface area (Å²) in [5, 5.41) is 8.23. The molecule has 0 saturated heterocycles. The summed E-state index contributed by atoms with van der Waals surface area (Å²) in [6.07, 6.45) is 2.81. The molecule has 40 heavy (non-hydrogen) atoms. The zero-order chi connectivity index (χ0) is 27.8. The third-order valence-corrected chi connectivity index (χ3v) is 7.75. The highest BCUT2D eigenvalue weighted by molar-refractivity contribution is 5.90. The fourth-order valence-corrected chi connectivity index (χ4v) is 5.50. The first-order valence-electron chi connectivity index (χ1n) is 13.6. The highest BCUT2D eigenvalue weighted by Gasteiger charge is 2.36.